The zero-order valence-corrected chi connectivity index (χ0v) is 23.3. The van der Waals surface area contributed by atoms with Crippen molar-refractivity contribution >= 4 is 17.6 Å². The number of fused-ring (bicyclic) bond motifs is 1. The Hall–Kier alpha value is -3.71. The van der Waals surface area contributed by atoms with Crippen molar-refractivity contribution in [2.24, 2.45) is 0 Å². The number of hydrogen-bond acceptors (Lipinski definition) is 5. The maximum atomic E-state index is 13.8. The summed E-state index contributed by atoms with van der Waals surface area (Å²) in [4.78, 5) is 38.2. The van der Waals surface area contributed by atoms with E-state index in [1.54, 1.807) is 6.20 Å². The number of aromatic nitrogens is 1. The second kappa shape index (κ2) is 11.8. The first-order valence-electron chi connectivity index (χ1n) is 14.7. The quantitative estimate of drug-likeness (QED) is 0.527. The van der Waals surface area contributed by atoms with Crippen LogP contribution in [-0.2, 0) is 4.79 Å². The molecule has 7 nitrogen and oxygen atoms in total. The second-order valence-electron chi connectivity index (χ2n) is 11.5. The molecule has 0 bridgehead atoms. The third-order valence-electron chi connectivity index (χ3n) is 8.97. The van der Waals surface area contributed by atoms with Gasteiger partial charge < -0.3 is 20.0 Å². The van der Waals surface area contributed by atoms with Gasteiger partial charge in [0.05, 0.1) is 11.5 Å². The van der Waals surface area contributed by atoms with E-state index in [1.165, 1.54) is 16.7 Å². The van der Waals surface area contributed by atoms with E-state index < -0.39 is 0 Å². The Morgan fingerprint density at radius 2 is 1.48 bits per heavy atom. The van der Waals surface area contributed by atoms with E-state index in [0.29, 0.717) is 24.6 Å². The van der Waals surface area contributed by atoms with Gasteiger partial charge in [-0.2, -0.15) is 0 Å². The number of piperazine rings is 1. The number of piperidine rings is 1. The molecule has 2 aromatic carbocycles. The fourth-order valence-electron chi connectivity index (χ4n) is 6.65. The van der Waals surface area contributed by atoms with Crippen molar-refractivity contribution in [2.45, 2.75) is 43.6 Å². The number of hydrogen-bond donors (Lipinski definition) is 1. The first-order valence-corrected chi connectivity index (χ1v) is 14.7. The largest absolute Gasteiger partial charge is 0.353 e. The highest BCUT2D eigenvalue weighted by Crippen LogP contribution is 2.43. The molecule has 2 aliphatic heterocycles. The Balaban J connectivity index is 1.08. The summed E-state index contributed by atoms with van der Waals surface area (Å²) in [6.45, 7) is 4.99. The topological polar surface area (TPSA) is 68.8 Å². The van der Waals surface area contributed by atoms with E-state index in [9.17, 15) is 9.59 Å². The summed E-state index contributed by atoms with van der Waals surface area (Å²) in [5.41, 5.74) is 4.42. The molecule has 0 radical (unpaired) electrons. The average molecular weight is 538 g/mol. The summed E-state index contributed by atoms with van der Waals surface area (Å²) in [5, 5.41) is 3.25. The molecule has 1 aliphatic carbocycles. The van der Waals surface area contributed by atoms with Gasteiger partial charge in [0, 0.05) is 57.4 Å². The lowest BCUT2D eigenvalue weighted by Crippen LogP contribution is -2.48. The van der Waals surface area contributed by atoms with E-state index in [1.807, 2.05) is 17.0 Å². The van der Waals surface area contributed by atoms with Gasteiger partial charge in [-0.05, 0) is 61.6 Å². The van der Waals surface area contributed by atoms with Crippen molar-refractivity contribution in [3.63, 3.8) is 0 Å². The summed E-state index contributed by atoms with van der Waals surface area (Å²) in [6, 6.07) is 22.9. The van der Waals surface area contributed by atoms with Gasteiger partial charge in [-0.25, -0.2) is 4.98 Å². The van der Waals surface area contributed by atoms with Crippen LogP contribution in [0.3, 0.4) is 0 Å². The first kappa shape index (κ1) is 26.5. The fourth-order valence-corrected chi connectivity index (χ4v) is 6.65. The van der Waals surface area contributed by atoms with Crippen LogP contribution in [0.1, 0.15) is 64.6 Å². The Labute approximate surface area is 237 Å². The van der Waals surface area contributed by atoms with Crippen LogP contribution in [0, 0.1) is 0 Å². The molecule has 6 rings (SSSR count). The summed E-state index contributed by atoms with van der Waals surface area (Å²) in [6.07, 6.45) is 5.14. The number of benzene rings is 2. The molecule has 2 saturated heterocycles. The minimum atomic E-state index is -0.0937. The van der Waals surface area contributed by atoms with Crippen LogP contribution in [-0.4, -0.2) is 79.0 Å². The minimum Gasteiger partial charge on any atom is -0.353 e. The lowest BCUT2D eigenvalue weighted by atomic mass is 9.73. The molecule has 3 heterocycles. The minimum absolute atomic E-state index is 0.0539. The molecular formula is C33H39N5O2. The fraction of sp³-hybridized carbons (Fsp3) is 0.424. The van der Waals surface area contributed by atoms with E-state index in [2.05, 4.69) is 81.7 Å². The molecule has 7 heteroatoms. The third-order valence-corrected chi connectivity index (χ3v) is 8.97. The smallest absolute Gasteiger partial charge is 0.255 e. The van der Waals surface area contributed by atoms with Gasteiger partial charge in [-0.3, -0.25) is 9.59 Å². The lowest BCUT2D eigenvalue weighted by Gasteiger charge is -2.38. The number of likely N-dealkylation sites (tertiary alicyclic amines) is 1. The number of amides is 2. The van der Waals surface area contributed by atoms with Crippen molar-refractivity contribution in [2.75, 3.05) is 51.2 Å². The number of carbonyl (C=O) groups excluding carboxylic acids is 2. The van der Waals surface area contributed by atoms with E-state index in [-0.39, 0.29) is 23.8 Å². The summed E-state index contributed by atoms with van der Waals surface area (Å²) < 4.78 is 0. The van der Waals surface area contributed by atoms with Gasteiger partial charge in [-0.1, -0.05) is 54.6 Å². The molecule has 2 amide bonds. The molecule has 40 heavy (non-hydrogen) atoms. The summed E-state index contributed by atoms with van der Waals surface area (Å²) in [5.74, 6) is 1.17. The van der Waals surface area contributed by atoms with Crippen LogP contribution in [0.2, 0.25) is 0 Å². The van der Waals surface area contributed by atoms with Gasteiger partial charge in [0.15, 0.2) is 0 Å². The second-order valence-corrected chi connectivity index (χ2v) is 11.5. The number of pyridine rings is 1. The number of carbonyl (C=O) groups is 2. The Kier molecular flexibility index (Phi) is 7.82. The molecule has 0 saturated carbocycles. The van der Waals surface area contributed by atoms with Crippen LogP contribution in [0.5, 0.6) is 0 Å². The average Bonchev–Trinajstić information content (AvgIpc) is 3.01. The van der Waals surface area contributed by atoms with Gasteiger partial charge in [-0.15, -0.1) is 0 Å². The van der Waals surface area contributed by atoms with Crippen molar-refractivity contribution in [3.05, 3.63) is 95.2 Å². The molecule has 3 aliphatic rings. The van der Waals surface area contributed by atoms with E-state index in [0.717, 1.165) is 57.7 Å². The van der Waals surface area contributed by atoms with Crippen molar-refractivity contribution in [3.8, 4) is 0 Å². The Bertz CT molecular complexity index is 1330. The monoisotopic (exact) mass is 537 g/mol. The highest BCUT2D eigenvalue weighted by Gasteiger charge is 2.35. The number of nitrogens with one attached hydrogen (secondary N) is 1. The van der Waals surface area contributed by atoms with Crippen LogP contribution in [0.15, 0.2) is 72.9 Å². The van der Waals surface area contributed by atoms with Crippen LogP contribution >= 0.6 is 0 Å². The number of likely N-dealkylation sites (N-methyl/N-ethyl adjacent to an activating group) is 1. The molecule has 2 fully saturated rings. The molecule has 1 unspecified atom stereocenters. The van der Waals surface area contributed by atoms with Gasteiger partial charge >= 0.3 is 0 Å². The normalized spacial score (nSPS) is 22.0. The van der Waals surface area contributed by atoms with Crippen molar-refractivity contribution in [1.82, 2.24) is 20.1 Å². The van der Waals surface area contributed by atoms with Gasteiger partial charge in [0.1, 0.15) is 5.82 Å². The number of nitrogens with zero attached hydrogens (tertiary/aromatic N) is 4. The number of anilines is 1. The molecule has 1 N–H and O–H groups in total. The van der Waals surface area contributed by atoms with Crippen LogP contribution in [0.4, 0.5) is 5.82 Å². The van der Waals surface area contributed by atoms with Crippen LogP contribution in [0.25, 0.3) is 0 Å². The van der Waals surface area contributed by atoms with Crippen molar-refractivity contribution in [1.29, 1.82) is 0 Å². The SMILES string of the molecule is CN1CCN(c2ncccc2C(=O)NC2CCN(C(=O)[C@H]3CCC(c4ccccc4)c4ccccc43)CC2)CC1. The molecule has 3 aromatic rings. The van der Waals surface area contributed by atoms with Crippen LogP contribution < -0.4 is 10.2 Å². The predicted molar refractivity (Wildman–Crippen MR) is 158 cm³/mol. The Morgan fingerprint density at radius 1 is 0.775 bits per heavy atom. The predicted octanol–water partition coefficient (Wildman–Crippen LogP) is 4.26. The molecule has 1 aromatic heterocycles. The van der Waals surface area contributed by atoms with E-state index >= 15 is 0 Å². The zero-order valence-electron chi connectivity index (χ0n) is 23.3. The van der Waals surface area contributed by atoms with E-state index in [4.69, 9.17) is 0 Å². The van der Waals surface area contributed by atoms with Gasteiger partial charge in [0.2, 0.25) is 5.91 Å². The highest BCUT2D eigenvalue weighted by atomic mass is 16.2. The third kappa shape index (κ3) is 5.48. The molecule has 208 valence electrons. The standard InChI is InChI=1S/C33H39N5O2/c1-36-20-22-37(23-21-36)31-30(12-7-17-34-31)32(39)35-25-15-18-38(19-16-25)33(40)29-14-13-26(24-8-3-2-4-9-24)27-10-5-6-11-28(27)29/h2-12,17,25-26,29H,13-16,18-23H2,1H3,(H,35,39)/t26?,29-/m0/s1. The number of rotatable bonds is 5. The summed E-state index contributed by atoms with van der Waals surface area (Å²) in [7, 11) is 2.12. The maximum Gasteiger partial charge on any atom is 0.255 e. The lowest BCUT2D eigenvalue weighted by molar-refractivity contribution is -0.134. The van der Waals surface area contributed by atoms with Crippen molar-refractivity contribution < 1.29 is 9.59 Å². The zero-order chi connectivity index (χ0) is 27.5. The highest BCUT2D eigenvalue weighted by molar-refractivity contribution is 5.99. The molecule has 2 atom stereocenters. The summed E-state index contributed by atoms with van der Waals surface area (Å²) >= 11 is 0. The first-order chi connectivity index (χ1) is 19.6. The Morgan fingerprint density at radius 3 is 2.23 bits per heavy atom. The molecular weight excluding hydrogens is 498 g/mol. The molecule has 0 spiro atoms. The van der Waals surface area contributed by atoms with Gasteiger partial charge in [0.25, 0.3) is 5.91 Å². The maximum absolute atomic E-state index is 13.8.